The lowest BCUT2D eigenvalue weighted by Crippen LogP contribution is -2.32. The summed E-state index contributed by atoms with van der Waals surface area (Å²) in [5.41, 5.74) is 4.01. The minimum absolute atomic E-state index is 0.154. The number of hydrogen-bond donors (Lipinski definition) is 2. The van der Waals surface area contributed by atoms with E-state index in [9.17, 15) is 9.90 Å². The van der Waals surface area contributed by atoms with Gasteiger partial charge in [-0.05, 0) is 41.3 Å². The smallest absolute Gasteiger partial charge is 0.254 e. The highest BCUT2D eigenvalue weighted by Crippen LogP contribution is 2.24. The molecule has 0 fully saturated rings. The van der Waals surface area contributed by atoms with Crippen molar-refractivity contribution >= 4 is 5.91 Å². The standard InChI is InChI=1S/C23H23NO3/c1-16(17-8-10-19(11-9-17)18-6-4-3-5-7-18)24-23(26)22(27-2)20-12-14-21(25)15-13-20/h3-16,22,25H,1-2H3,(H,24,26)/t16-,22-/m1/s1. The predicted octanol–water partition coefficient (Wildman–Crippen LogP) is 4.62. The molecule has 3 aromatic carbocycles. The van der Waals surface area contributed by atoms with E-state index in [1.54, 1.807) is 24.3 Å². The first-order valence-corrected chi connectivity index (χ1v) is 8.86. The van der Waals surface area contributed by atoms with Gasteiger partial charge in [-0.3, -0.25) is 4.79 Å². The molecule has 2 N–H and O–H groups in total. The zero-order chi connectivity index (χ0) is 19.2. The lowest BCUT2D eigenvalue weighted by atomic mass is 10.0. The van der Waals surface area contributed by atoms with Crippen LogP contribution < -0.4 is 5.32 Å². The number of aromatic hydroxyl groups is 1. The van der Waals surface area contributed by atoms with Crippen molar-refractivity contribution in [2.45, 2.75) is 19.1 Å². The second kappa shape index (κ2) is 8.52. The average molecular weight is 361 g/mol. The second-order valence-electron chi connectivity index (χ2n) is 6.43. The van der Waals surface area contributed by atoms with Crippen molar-refractivity contribution in [1.82, 2.24) is 5.32 Å². The quantitative estimate of drug-likeness (QED) is 0.673. The first-order valence-electron chi connectivity index (χ1n) is 8.86. The van der Waals surface area contributed by atoms with Crippen LogP contribution in [0.5, 0.6) is 5.75 Å². The van der Waals surface area contributed by atoms with E-state index in [0.29, 0.717) is 5.56 Å². The van der Waals surface area contributed by atoms with Crippen molar-refractivity contribution in [3.63, 3.8) is 0 Å². The van der Waals surface area contributed by atoms with Gasteiger partial charge in [-0.25, -0.2) is 0 Å². The highest BCUT2D eigenvalue weighted by Gasteiger charge is 2.22. The number of amides is 1. The number of ether oxygens (including phenoxy) is 1. The van der Waals surface area contributed by atoms with Gasteiger partial charge in [-0.15, -0.1) is 0 Å². The minimum Gasteiger partial charge on any atom is -0.508 e. The number of carbonyl (C=O) groups is 1. The number of rotatable bonds is 6. The van der Waals surface area contributed by atoms with Crippen LogP contribution in [0.3, 0.4) is 0 Å². The van der Waals surface area contributed by atoms with Crippen molar-refractivity contribution in [2.24, 2.45) is 0 Å². The van der Waals surface area contributed by atoms with Crippen LogP contribution in [0.1, 0.15) is 30.2 Å². The van der Waals surface area contributed by atoms with E-state index in [4.69, 9.17) is 4.74 Å². The topological polar surface area (TPSA) is 58.6 Å². The third-order valence-electron chi connectivity index (χ3n) is 4.55. The molecule has 0 saturated carbocycles. The predicted molar refractivity (Wildman–Crippen MR) is 106 cm³/mol. The molecule has 1 amide bonds. The van der Waals surface area contributed by atoms with Gasteiger partial charge in [0.2, 0.25) is 0 Å². The van der Waals surface area contributed by atoms with Crippen molar-refractivity contribution < 1.29 is 14.6 Å². The number of carbonyl (C=O) groups excluding carboxylic acids is 1. The zero-order valence-corrected chi connectivity index (χ0v) is 15.4. The third kappa shape index (κ3) is 4.54. The second-order valence-corrected chi connectivity index (χ2v) is 6.43. The summed E-state index contributed by atoms with van der Waals surface area (Å²) in [4.78, 5) is 12.6. The molecule has 0 saturated heterocycles. The number of methoxy groups -OCH3 is 1. The van der Waals surface area contributed by atoms with Crippen molar-refractivity contribution in [1.29, 1.82) is 0 Å². The Bertz CT molecular complexity index is 874. The number of benzene rings is 3. The van der Waals surface area contributed by atoms with E-state index in [1.807, 2.05) is 37.3 Å². The number of hydrogen-bond acceptors (Lipinski definition) is 3. The molecule has 0 unspecified atom stereocenters. The molecule has 0 aliphatic heterocycles. The largest absolute Gasteiger partial charge is 0.508 e. The molecule has 0 aromatic heterocycles. The molecule has 3 aromatic rings. The molecule has 3 rings (SSSR count). The summed E-state index contributed by atoms with van der Waals surface area (Å²) in [7, 11) is 1.50. The molecule has 0 aliphatic rings. The third-order valence-corrected chi connectivity index (χ3v) is 4.55. The van der Waals surface area contributed by atoms with Crippen LogP contribution in [-0.2, 0) is 9.53 Å². The van der Waals surface area contributed by atoms with Crippen molar-refractivity contribution in [2.75, 3.05) is 7.11 Å². The highest BCUT2D eigenvalue weighted by molar-refractivity contribution is 5.82. The molecule has 0 bridgehead atoms. The van der Waals surface area contributed by atoms with E-state index >= 15 is 0 Å². The van der Waals surface area contributed by atoms with Gasteiger partial charge in [0.25, 0.3) is 5.91 Å². The fourth-order valence-electron chi connectivity index (χ4n) is 3.01. The van der Waals surface area contributed by atoms with Gasteiger partial charge in [-0.2, -0.15) is 0 Å². The lowest BCUT2D eigenvalue weighted by Gasteiger charge is -2.20. The molecular weight excluding hydrogens is 338 g/mol. The maximum Gasteiger partial charge on any atom is 0.254 e. The average Bonchev–Trinajstić information content (AvgIpc) is 2.71. The van der Waals surface area contributed by atoms with Gasteiger partial charge in [0.1, 0.15) is 5.75 Å². The summed E-state index contributed by atoms with van der Waals surface area (Å²) in [6.07, 6.45) is -0.725. The number of phenolic OH excluding ortho intramolecular Hbond substituents is 1. The van der Waals surface area contributed by atoms with Gasteiger partial charge >= 0.3 is 0 Å². The fraction of sp³-hybridized carbons (Fsp3) is 0.174. The van der Waals surface area contributed by atoms with Gasteiger partial charge in [0.05, 0.1) is 6.04 Å². The van der Waals surface area contributed by atoms with E-state index < -0.39 is 6.10 Å². The summed E-state index contributed by atoms with van der Waals surface area (Å²) in [6, 6.07) is 24.6. The van der Waals surface area contributed by atoms with Crippen molar-refractivity contribution in [3.05, 3.63) is 90.0 Å². The van der Waals surface area contributed by atoms with Crippen LogP contribution >= 0.6 is 0 Å². The summed E-state index contributed by atoms with van der Waals surface area (Å²) >= 11 is 0. The Labute approximate surface area is 159 Å². The molecule has 4 nitrogen and oxygen atoms in total. The van der Waals surface area contributed by atoms with Gasteiger partial charge in [0, 0.05) is 7.11 Å². The van der Waals surface area contributed by atoms with E-state index in [0.717, 1.165) is 16.7 Å². The molecule has 0 radical (unpaired) electrons. The van der Waals surface area contributed by atoms with Gasteiger partial charge in [-0.1, -0.05) is 66.7 Å². The lowest BCUT2D eigenvalue weighted by molar-refractivity contribution is -0.132. The maximum atomic E-state index is 12.6. The minimum atomic E-state index is -0.725. The Morgan fingerprint density at radius 2 is 1.41 bits per heavy atom. The maximum absolute atomic E-state index is 12.6. The van der Waals surface area contributed by atoms with E-state index in [-0.39, 0.29) is 17.7 Å². The van der Waals surface area contributed by atoms with E-state index in [1.165, 1.54) is 7.11 Å². The molecule has 0 aliphatic carbocycles. The Hall–Kier alpha value is -3.11. The Morgan fingerprint density at radius 1 is 0.852 bits per heavy atom. The highest BCUT2D eigenvalue weighted by atomic mass is 16.5. The number of phenols is 1. The van der Waals surface area contributed by atoms with Crippen LogP contribution in [0.25, 0.3) is 11.1 Å². The first-order chi connectivity index (χ1) is 13.1. The zero-order valence-electron chi connectivity index (χ0n) is 15.4. The van der Waals surface area contributed by atoms with Crippen LogP contribution in [0.4, 0.5) is 0 Å². The fourth-order valence-corrected chi connectivity index (χ4v) is 3.01. The Kier molecular flexibility index (Phi) is 5.89. The van der Waals surface area contributed by atoms with Gasteiger partial charge < -0.3 is 15.2 Å². The molecule has 0 spiro atoms. The van der Waals surface area contributed by atoms with Crippen molar-refractivity contribution in [3.8, 4) is 16.9 Å². The van der Waals surface area contributed by atoms with Crippen LogP contribution in [0.15, 0.2) is 78.9 Å². The molecule has 138 valence electrons. The Morgan fingerprint density at radius 3 is 2.00 bits per heavy atom. The summed E-state index contributed by atoms with van der Waals surface area (Å²) < 4.78 is 5.36. The molecule has 0 heterocycles. The molecule has 4 heteroatoms. The molecule has 2 atom stereocenters. The monoisotopic (exact) mass is 361 g/mol. The normalized spacial score (nSPS) is 13.0. The molecule has 27 heavy (non-hydrogen) atoms. The molecular formula is C23H23NO3. The van der Waals surface area contributed by atoms with Crippen LogP contribution in [-0.4, -0.2) is 18.1 Å². The van der Waals surface area contributed by atoms with Crippen LogP contribution in [0.2, 0.25) is 0 Å². The van der Waals surface area contributed by atoms with Crippen LogP contribution in [0, 0.1) is 0 Å². The van der Waals surface area contributed by atoms with E-state index in [2.05, 4.69) is 29.6 Å². The summed E-state index contributed by atoms with van der Waals surface area (Å²) in [5.74, 6) is -0.0660. The Balaban J connectivity index is 1.69. The number of nitrogens with one attached hydrogen (secondary N) is 1. The summed E-state index contributed by atoms with van der Waals surface area (Å²) in [6.45, 7) is 1.94. The SMILES string of the molecule is CO[C@@H](C(=O)N[C@H](C)c1ccc(-c2ccccc2)cc1)c1ccc(O)cc1. The summed E-state index contributed by atoms with van der Waals surface area (Å²) in [5, 5.41) is 12.4. The first kappa shape index (κ1) is 18.7. The van der Waals surface area contributed by atoms with Gasteiger partial charge in [0.15, 0.2) is 6.10 Å².